The molecule has 1 heterocycles. The number of pyridine rings is 1. The first-order valence-corrected chi connectivity index (χ1v) is 9.88. The summed E-state index contributed by atoms with van der Waals surface area (Å²) in [6.45, 7) is 8.26. The largest absolute Gasteiger partial charge is 0.481 e. The maximum Gasteiger partial charge on any atom is 0.261 e. The monoisotopic (exact) mass is 388 g/mol. The summed E-state index contributed by atoms with van der Waals surface area (Å²) in [6, 6.07) is 23.1. The van der Waals surface area contributed by atoms with Crippen LogP contribution in [0, 0.1) is 0 Å². The van der Waals surface area contributed by atoms with Crippen molar-refractivity contribution in [2.24, 2.45) is 0 Å². The molecule has 29 heavy (non-hydrogen) atoms. The molecule has 0 fully saturated rings. The smallest absolute Gasteiger partial charge is 0.261 e. The Bertz CT molecular complexity index is 877. The third-order valence-electron chi connectivity index (χ3n) is 4.81. The summed E-state index contributed by atoms with van der Waals surface area (Å²) in [5, 5.41) is 3.08. The van der Waals surface area contributed by atoms with Gasteiger partial charge < -0.3 is 10.1 Å². The summed E-state index contributed by atoms with van der Waals surface area (Å²) in [5.74, 6) is 0.485. The summed E-state index contributed by atoms with van der Waals surface area (Å²) < 4.78 is 5.88. The maximum atomic E-state index is 12.9. The molecule has 0 aliphatic heterocycles. The molecule has 1 amide bonds. The SMILES string of the molecule is CC(Oc1ccc(C(C)(C)C)cc1)C(=O)NC(c1ccccc1)c1ccccn1. The Kier molecular flexibility index (Phi) is 6.32. The maximum absolute atomic E-state index is 12.9. The van der Waals surface area contributed by atoms with Gasteiger partial charge in [0.15, 0.2) is 6.10 Å². The lowest BCUT2D eigenvalue weighted by atomic mass is 9.87. The van der Waals surface area contributed by atoms with Crippen LogP contribution in [0.4, 0.5) is 0 Å². The van der Waals surface area contributed by atoms with E-state index in [1.165, 1.54) is 5.56 Å². The van der Waals surface area contributed by atoms with Gasteiger partial charge >= 0.3 is 0 Å². The first kappa shape index (κ1) is 20.6. The fraction of sp³-hybridized carbons (Fsp3) is 0.280. The Hall–Kier alpha value is -3.14. The van der Waals surface area contributed by atoms with E-state index in [4.69, 9.17) is 4.74 Å². The van der Waals surface area contributed by atoms with Gasteiger partial charge in [0, 0.05) is 6.20 Å². The van der Waals surface area contributed by atoms with E-state index >= 15 is 0 Å². The van der Waals surface area contributed by atoms with E-state index in [0.717, 1.165) is 11.3 Å². The van der Waals surface area contributed by atoms with Crippen LogP contribution >= 0.6 is 0 Å². The normalized spacial score (nSPS) is 13.4. The molecule has 3 rings (SSSR count). The molecule has 3 aromatic rings. The molecular formula is C25H28N2O2. The van der Waals surface area contributed by atoms with Gasteiger partial charge in [-0.1, -0.05) is 69.3 Å². The molecule has 150 valence electrons. The van der Waals surface area contributed by atoms with Crippen LogP contribution in [-0.4, -0.2) is 17.0 Å². The molecule has 4 heteroatoms. The van der Waals surface area contributed by atoms with E-state index < -0.39 is 6.10 Å². The van der Waals surface area contributed by atoms with Gasteiger partial charge in [0.1, 0.15) is 5.75 Å². The Morgan fingerprint density at radius 3 is 2.17 bits per heavy atom. The molecule has 0 bridgehead atoms. The lowest BCUT2D eigenvalue weighted by Gasteiger charge is -2.22. The Labute approximate surface area is 173 Å². The van der Waals surface area contributed by atoms with Crippen molar-refractivity contribution >= 4 is 5.91 Å². The van der Waals surface area contributed by atoms with Crippen molar-refractivity contribution in [2.75, 3.05) is 0 Å². The molecule has 1 N–H and O–H groups in total. The predicted octanol–water partition coefficient (Wildman–Crippen LogP) is 5.05. The fourth-order valence-corrected chi connectivity index (χ4v) is 3.07. The lowest BCUT2D eigenvalue weighted by Crippen LogP contribution is -2.39. The number of benzene rings is 2. The van der Waals surface area contributed by atoms with Crippen molar-refractivity contribution in [2.45, 2.75) is 45.3 Å². The second-order valence-corrected chi connectivity index (χ2v) is 8.14. The Morgan fingerprint density at radius 1 is 0.931 bits per heavy atom. The summed E-state index contributed by atoms with van der Waals surface area (Å²) in [4.78, 5) is 17.3. The molecule has 0 saturated carbocycles. The van der Waals surface area contributed by atoms with Crippen molar-refractivity contribution in [3.63, 3.8) is 0 Å². The molecule has 2 aromatic carbocycles. The van der Waals surface area contributed by atoms with Crippen LogP contribution in [0.2, 0.25) is 0 Å². The topological polar surface area (TPSA) is 51.2 Å². The summed E-state index contributed by atoms with van der Waals surface area (Å²) in [7, 11) is 0. The summed E-state index contributed by atoms with van der Waals surface area (Å²) in [5.41, 5.74) is 3.06. The molecule has 2 atom stereocenters. The number of hydrogen-bond acceptors (Lipinski definition) is 3. The highest BCUT2D eigenvalue weighted by Crippen LogP contribution is 2.25. The zero-order valence-electron chi connectivity index (χ0n) is 17.4. The summed E-state index contributed by atoms with van der Waals surface area (Å²) >= 11 is 0. The molecular weight excluding hydrogens is 360 g/mol. The number of ether oxygens (including phenoxy) is 1. The first-order valence-electron chi connectivity index (χ1n) is 9.88. The van der Waals surface area contributed by atoms with Crippen molar-refractivity contribution in [1.29, 1.82) is 0 Å². The van der Waals surface area contributed by atoms with Crippen molar-refractivity contribution < 1.29 is 9.53 Å². The van der Waals surface area contributed by atoms with E-state index in [2.05, 4.69) is 31.1 Å². The average molecular weight is 389 g/mol. The Morgan fingerprint density at radius 2 is 1.59 bits per heavy atom. The van der Waals surface area contributed by atoms with Crippen LogP contribution in [0.25, 0.3) is 0 Å². The van der Waals surface area contributed by atoms with Crippen LogP contribution in [0.5, 0.6) is 5.75 Å². The van der Waals surface area contributed by atoms with Gasteiger partial charge in [0.25, 0.3) is 5.91 Å². The van der Waals surface area contributed by atoms with Gasteiger partial charge in [-0.15, -0.1) is 0 Å². The van der Waals surface area contributed by atoms with Gasteiger partial charge in [0.05, 0.1) is 11.7 Å². The molecule has 2 unspecified atom stereocenters. The van der Waals surface area contributed by atoms with Crippen LogP contribution in [0.1, 0.15) is 50.6 Å². The number of rotatable bonds is 6. The van der Waals surface area contributed by atoms with Gasteiger partial charge in [-0.2, -0.15) is 0 Å². The number of aromatic nitrogens is 1. The molecule has 0 aliphatic rings. The minimum atomic E-state index is -0.634. The highest BCUT2D eigenvalue weighted by Gasteiger charge is 2.22. The fourth-order valence-electron chi connectivity index (χ4n) is 3.07. The van der Waals surface area contributed by atoms with Crippen LogP contribution < -0.4 is 10.1 Å². The number of hydrogen-bond donors (Lipinski definition) is 1. The van der Waals surface area contributed by atoms with Gasteiger partial charge in [-0.25, -0.2) is 0 Å². The highest BCUT2D eigenvalue weighted by molar-refractivity contribution is 5.81. The lowest BCUT2D eigenvalue weighted by molar-refractivity contribution is -0.127. The van der Waals surface area contributed by atoms with Crippen molar-refractivity contribution in [3.8, 4) is 5.75 Å². The molecule has 0 aliphatic carbocycles. The standard InChI is InChI=1S/C25H28N2O2/c1-18(29-21-15-13-20(14-16-21)25(2,3)4)24(28)27-23(19-10-6-5-7-11-19)22-12-8-9-17-26-22/h5-18,23H,1-4H3,(H,27,28). The number of amides is 1. The van der Waals surface area contributed by atoms with E-state index in [-0.39, 0.29) is 17.4 Å². The van der Waals surface area contributed by atoms with Crippen LogP contribution in [0.15, 0.2) is 79.0 Å². The van der Waals surface area contributed by atoms with Crippen molar-refractivity contribution in [1.82, 2.24) is 10.3 Å². The number of nitrogens with zero attached hydrogens (tertiary/aromatic N) is 1. The van der Waals surface area contributed by atoms with Gasteiger partial charge in [-0.05, 0) is 47.7 Å². The minimum Gasteiger partial charge on any atom is -0.481 e. The number of carbonyl (C=O) groups excluding carboxylic acids is 1. The molecule has 1 aromatic heterocycles. The average Bonchev–Trinajstić information content (AvgIpc) is 2.73. The van der Waals surface area contributed by atoms with Crippen LogP contribution in [-0.2, 0) is 10.2 Å². The third kappa shape index (κ3) is 5.44. The molecule has 0 radical (unpaired) electrons. The third-order valence-corrected chi connectivity index (χ3v) is 4.81. The number of nitrogens with one attached hydrogen (secondary N) is 1. The first-order chi connectivity index (χ1) is 13.8. The Balaban J connectivity index is 1.72. The summed E-state index contributed by atoms with van der Waals surface area (Å²) in [6.07, 6.45) is 1.10. The zero-order valence-corrected chi connectivity index (χ0v) is 17.4. The molecule has 0 spiro atoms. The molecule has 4 nitrogen and oxygen atoms in total. The van der Waals surface area contributed by atoms with Gasteiger partial charge in [-0.3, -0.25) is 9.78 Å². The second-order valence-electron chi connectivity index (χ2n) is 8.14. The molecule has 0 saturated heterocycles. The van der Waals surface area contributed by atoms with Crippen LogP contribution in [0.3, 0.4) is 0 Å². The van der Waals surface area contributed by atoms with E-state index in [0.29, 0.717) is 5.75 Å². The van der Waals surface area contributed by atoms with E-state index in [1.54, 1.807) is 13.1 Å². The predicted molar refractivity (Wildman–Crippen MR) is 116 cm³/mol. The van der Waals surface area contributed by atoms with E-state index in [9.17, 15) is 4.79 Å². The number of carbonyl (C=O) groups is 1. The second kappa shape index (κ2) is 8.91. The quantitative estimate of drug-likeness (QED) is 0.643. The highest BCUT2D eigenvalue weighted by atomic mass is 16.5. The van der Waals surface area contributed by atoms with Gasteiger partial charge in [0.2, 0.25) is 0 Å². The minimum absolute atomic E-state index is 0.0765. The van der Waals surface area contributed by atoms with Crippen molar-refractivity contribution in [3.05, 3.63) is 95.8 Å². The zero-order chi connectivity index (χ0) is 20.9. The van der Waals surface area contributed by atoms with E-state index in [1.807, 2.05) is 72.8 Å².